The van der Waals surface area contributed by atoms with Gasteiger partial charge in [0.25, 0.3) is 0 Å². The maximum absolute atomic E-state index is 10.5. The van der Waals surface area contributed by atoms with Gasteiger partial charge in [-0.2, -0.15) is 0 Å². The molecule has 4 heteroatoms. The number of aromatic nitrogens is 2. The molecule has 1 heterocycles. The van der Waals surface area contributed by atoms with Crippen LogP contribution in [0.4, 0.5) is 0 Å². The second-order valence-corrected chi connectivity index (χ2v) is 13.3. The van der Waals surface area contributed by atoms with Gasteiger partial charge in [-0.05, 0) is 118 Å². The summed E-state index contributed by atoms with van der Waals surface area (Å²) in [5.41, 5.74) is 1.69. The van der Waals surface area contributed by atoms with Crippen LogP contribution in [-0.4, -0.2) is 31.5 Å². The van der Waals surface area contributed by atoms with Crippen molar-refractivity contribution in [2.75, 3.05) is 0 Å². The third kappa shape index (κ3) is 4.24. The second kappa shape index (κ2) is 8.52. The van der Waals surface area contributed by atoms with Gasteiger partial charge in [0.2, 0.25) is 0 Å². The number of imidazole rings is 1. The van der Waals surface area contributed by atoms with E-state index >= 15 is 0 Å². The fourth-order valence-electron chi connectivity index (χ4n) is 9.08. The summed E-state index contributed by atoms with van der Waals surface area (Å²) in [5.74, 6) is 3.73. The predicted molar refractivity (Wildman–Crippen MR) is 132 cm³/mol. The number of allylic oxidation sites excluding steroid dienone is 1. The molecular weight excluding hydrogens is 408 g/mol. The summed E-state index contributed by atoms with van der Waals surface area (Å²) in [6, 6.07) is 0. The van der Waals surface area contributed by atoms with Crippen molar-refractivity contribution in [2.45, 2.75) is 110 Å². The minimum atomic E-state index is -0.603. The molecule has 8 unspecified atom stereocenters. The van der Waals surface area contributed by atoms with Crippen LogP contribution in [0.1, 0.15) is 91.9 Å². The first-order valence-electron chi connectivity index (χ1n) is 13.7. The van der Waals surface area contributed by atoms with E-state index in [-0.39, 0.29) is 6.10 Å². The van der Waals surface area contributed by atoms with Crippen LogP contribution in [0.3, 0.4) is 0 Å². The van der Waals surface area contributed by atoms with Crippen LogP contribution in [-0.2, 0) is 6.54 Å². The van der Waals surface area contributed by atoms with Crippen molar-refractivity contribution < 1.29 is 10.2 Å². The molecule has 0 radical (unpaired) electrons. The van der Waals surface area contributed by atoms with E-state index < -0.39 is 5.60 Å². The molecule has 4 aliphatic carbocycles. The molecule has 0 saturated heterocycles. The van der Waals surface area contributed by atoms with Gasteiger partial charge in [-0.1, -0.05) is 25.5 Å². The SMILES string of the molecule is CC(C)(O)CCC(Cn1ccnc1)C1CCC2C3CC=C4CC(O)CCC4(C)C3CCC12C. The average molecular weight is 455 g/mol. The van der Waals surface area contributed by atoms with Gasteiger partial charge in [0.15, 0.2) is 0 Å². The molecule has 4 nitrogen and oxygen atoms in total. The molecular formula is C29H46N2O2. The lowest BCUT2D eigenvalue weighted by Crippen LogP contribution is -2.51. The molecule has 2 N–H and O–H groups in total. The van der Waals surface area contributed by atoms with E-state index in [1.165, 1.54) is 38.5 Å². The molecule has 0 amide bonds. The number of rotatable bonds is 6. The molecule has 0 aliphatic heterocycles. The topological polar surface area (TPSA) is 58.3 Å². The molecule has 4 aliphatic rings. The largest absolute Gasteiger partial charge is 0.393 e. The molecule has 0 aromatic carbocycles. The maximum atomic E-state index is 10.5. The van der Waals surface area contributed by atoms with Crippen molar-refractivity contribution in [3.05, 3.63) is 30.4 Å². The van der Waals surface area contributed by atoms with E-state index in [2.05, 4.69) is 35.7 Å². The Labute approximate surface area is 200 Å². The summed E-state index contributed by atoms with van der Waals surface area (Å²) in [6.45, 7) is 10.1. The highest BCUT2D eigenvalue weighted by molar-refractivity contribution is 5.25. The molecule has 0 bridgehead atoms. The first-order chi connectivity index (χ1) is 15.6. The van der Waals surface area contributed by atoms with Gasteiger partial charge in [-0.3, -0.25) is 0 Å². The number of hydrogen-bond acceptors (Lipinski definition) is 3. The Morgan fingerprint density at radius 1 is 1.15 bits per heavy atom. The summed E-state index contributed by atoms with van der Waals surface area (Å²) in [4.78, 5) is 4.30. The van der Waals surface area contributed by atoms with E-state index in [0.29, 0.717) is 16.7 Å². The summed E-state index contributed by atoms with van der Waals surface area (Å²) in [5, 5.41) is 20.8. The lowest BCUT2D eigenvalue weighted by atomic mass is 9.47. The van der Waals surface area contributed by atoms with Gasteiger partial charge in [-0.15, -0.1) is 0 Å². The predicted octanol–water partition coefficient (Wildman–Crippen LogP) is 5.99. The highest BCUT2D eigenvalue weighted by Gasteiger charge is 2.59. The van der Waals surface area contributed by atoms with Crippen LogP contribution in [0.25, 0.3) is 0 Å². The summed E-state index contributed by atoms with van der Waals surface area (Å²) in [7, 11) is 0. The molecule has 3 saturated carbocycles. The van der Waals surface area contributed by atoms with Gasteiger partial charge in [0, 0.05) is 18.9 Å². The fraction of sp³-hybridized carbons (Fsp3) is 0.828. The zero-order valence-electron chi connectivity index (χ0n) is 21.3. The second-order valence-electron chi connectivity index (χ2n) is 13.3. The number of aliphatic hydroxyl groups is 2. The van der Waals surface area contributed by atoms with Crippen molar-refractivity contribution in [3.8, 4) is 0 Å². The Balaban J connectivity index is 1.39. The molecule has 8 atom stereocenters. The highest BCUT2D eigenvalue weighted by atomic mass is 16.3. The standard InChI is InChI=1S/C29H46N2O2/c1-27(2,33)12-9-20(18-31-16-15-30-19-31)24-7-8-25-23-6-5-21-17-22(32)10-13-28(21,3)26(23)11-14-29(24,25)4/h5,15-16,19-20,22-26,32-33H,6-14,17-18H2,1-4H3. The Bertz CT molecular complexity index is 855. The van der Waals surface area contributed by atoms with Gasteiger partial charge in [-0.25, -0.2) is 4.98 Å². The van der Waals surface area contributed by atoms with Crippen LogP contribution in [0.2, 0.25) is 0 Å². The third-order valence-corrected chi connectivity index (χ3v) is 10.9. The van der Waals surface area contributed by atoms with Gasteiger partial charge in [0.1, 0.15) is 0 Å². The normalized spacial score (nSPS) is 41.6. The summed E-state index contributed by atoms with van der Waals surface area (Å²) in [6.07, 6.45) is 20.0. The zero-order chi connectivity index (χ0) is 23.4. The zero-order valence-corrected chi connectivity index (χ0v) is 21.3. The van der Waals surface area contributed by atoms with Crippen LogP contribution in [0.15, 0.2) is 30.4 Å². The number of fused-ring (bicyclic) bond motifs is 5. The van der Waals surface area contributed by atoms with E-state index in [0.717, 1.165) is 55.9 Å². The van der Waals surface area contributed by atoms with Crippen molar-refractivity contribution in [1.82, 2.24) is 9.55 Å². The molecule has 3 fully saturated rings. The van der Waals surface area contributed by atoms with Crippen LogP contribution in [0, 0.1) is 40.4 Å². The van der Waals surface area contributed by atoms with Crippen molar-refractivity contribution >= 4 is 0 Å². The van der Waals surface area contributed by atoms with Gasteiger partial charge < -0.3 is 14.8 Å². The lowest BCUT2D eigenvalue weighted by molar-refractivity contribution is -0.0611. The van der Waals surface area contributed by atoms with E-state index in [1.807, 2.05) is 26.4 Å². The summed E-state index contributed by atoms with van der Waals surface area (Å²) >= 11 is 0. The molecule has 1 aromatic rings. The average Bonchev–Trinajstić information content (AvgIpc) is 3.38. The van der Waals surface area contributed by atoms with Crippen LogP contribution in [0.5, 0.6) is 0 Å². The Morgan fingerprint density at radius 3 is 2.70 bits per heavy atom. The maximum Gasteiger partial charge on any atom is 0.0945 e. The van der Waals surface area contributed by atoms with Crippen molar-refractivity contribution in [2.24, 2.45) is 40.4 Å². The highest BCUT2D eigenvalue weighted by Crippen LogP contribution is 2.67. The molecule has 184 valence electrons. The molecule has 33 heavy (non-hydrogen) atoms. The minimum Gasteiger partial charge on any atom is -0.393 e. The lowest BCUT2D eigenvalue weighted by Gasteiger charge is -2.58. The smallest absolute Gasteiger partial charge is 0.0945 e. The van der Waals surface area contributed by atoms with Crippen molar-refractivity contribution in [1.29, 1.82) is 0 Å². The van der Waals surface area contributed by atoms with Crippen LogP contribution < -0.4 is 0 Å². The minimum absolute atomic E-state index is 0.120. The monoisotopic (exact) mass is 454 g/mol. The fourth-order valence-corrected chi connectivity index (χ4v) is 9.08. The number of hydrogen-bond donors (Lipinski definition) is 2. The van der Waals surface area contributed by atoms with E-state index in [1.54, 1.807) is 5.57 Å². The Kier molecular flexibility index (Phi) is 6.09. The molecule has 0 spiro atoms. The quantitative estimate of drug-likeness (QED) is 0.519. The van der Waals surface area contributed by atoms with E-state index in [4.69, 9.17) is 0 Å². The molecule has 5 rings (SSSR count). The van der Waals surface area contributed by atoms with Gasteiger partial charge >= 0.3 is 0 Å². The molecule has 1 aromatic heterocycles. The van der Waals surface area contributed by atoms with Gasteiger partial charge in [0.05, 0.1) is 18.0 Å². The van der Waals surface area contributed by atoms with E-state index in [9.17, 15) is 10.2 Å². The Hall–Kier alpha value is -1.13. The van der Waals surface area contributed by atoms with Crippen LogP contribution >= 0.6 is 0 Å². The third-order valence-electron chi connectivity index (χ3n) is 10.9. The Morgan fingerprint density at radius 2 is 1.97 bits per heavy atom. The number of nitrogens with zero attached hydrogens (tertiary/aromatic N) is 2. The summed E-state index contributed by atoms with van der Waals surface area (Å²) < 4.78 is 2.27. The van der Waals surface area contributed by atoms with Crippen molar-refractivity contribution in [3.63, 3.8) is 0 Å². The number of aliphatic hydroxyl groups excluding tert-OH is 1. The first kappa shape index (κ1) is 23.6. The first-order valence-corrected chi connectivity index (χ1v) is 13.7.